The topological polar surface area (TPSA) is 109 Å². The zero-order valence-corrected chi connectivity index (χ0v) is 34.3. The number of unbranched alkanes of at least 4 members (excludes halogenated alkanes) is 14. The average Bonchev–Trinajstić information content (AvgIpc) is 3.17. The summed E-state index contributed by atoms with van der Waals surface area (Å²) in [7, 11) is -3.92. The molecule has 0 aliphatic heterocycles. The Morgan fingerprint density at radius 1 is 0.722 bits per heavy atom. The molecule has 0 saturated heterocycles. The summed E-state index contributed by atoms with van der Waals surface area (Å²) in [5.41, 5.74) is 5.55. The summed E-state index contributed by atoms with van der Waals surface area (Å²) >= 11 is 0. The second-order valence-corrected chi connectivity index (χ2v) is 14.8. The minimum atomic E-state index is -3.92. The molecule has 0 aliphatic rings. The maximum absolute atomic E-state index is 13.2. The lowest BCUT2D eigenvalue weighted by molar-refractivity contribution is -0.122. The molecular formula is C45H67N2O6P. The molecule has 1 unspecified atom stereocenters. The summed E-state index contributed by atoms with van der Waals surface area (Å²) < 4.78 is 35.6. The predicted octanol–water partition coefficient (Wildman–Crippen LogP) is 8.90. The molecule has 298 valence electrons. The van der Waals surface area contributed by atoms with Crippen molar-refractivity contribution in [2.75, 3.05) is 39.6 Å². The Balaban J connectivity index is 5.21. The largest absolute Gasteiger partial charge is 0.475 e. The highest BCUT2D eigenvalue weighted by Gasteiger charge is 2.28. The van der Waals surface area contributed by atoms with Crippen molar-refractivity contribution in [3.8, 4) is 71.5 Å². The van der Waals surface area contributed by atoms with Gasteiger partial charge in [-0.15, -0.1) is 13.0 Å². The van der Waals surface area contributed by atoms with Crippen molar-refractivity contribution in [3.05, 3.63) is 12.7 Å². The smallest absolute Gasteiger partial charge is 0.379 e. The van der Waals surface area contributed by atoms with Crippen molar-refractivity contribution < 1.29 is 27.7 Å². The van der Waals surface area contributed by atoms with E-state index in [0.29, 0.717) is 25.4 Å². The Kier molecular flexibility index (Phi) is 36.8. The highest BCUT2D eigenvalue weighted by molar-refractivity contribution is 7.48. The van der Waals surface area contributed by atoms with Crippen LogP contribution in [0.3, 0.4) is 0 Å². The summed E-state index contributed by atoms with van der Waals surface area (Å²) in [5, 5.41) is 3.02. The molecule has 1 amide bonds. The second-order valence-electron chi connectivity index (χ2n) is 13.1. The Morgan fingerprint density at radius 3 is 1.85 bits per heavy atom. The van der Waals surface area contributed by atoms with E-state index in [9.17, 15) is 9.36 Å². The fraction of sp³-hybridized carbons (Fsp3) is 0.667. The number of phosphoric ester groups is 1. The van der Waals surface area contributed by atoms with E-state index < -0.39 is 13.9 Å². The van der Waals surface area contributed by atoms with Crippen molar-refractivity contribution in [2.45, 2.75) is 148 Å². The van der Waals surface area contributed by atoms with Crippen LogP contribution in [0, 0.1) is 77.5 Å². The van der Waals surface area contributed by atoms with Gasteiger partial charge in [-0.1, -0.05) is 122 Å². The molecule has 8 nitrogen and oxygen atoms in total. The number of nitrogens with one attached hydrogen (secondary N) is 1. The van der Waals surface area contributed by atoms with E-state index >= 15 is 0 Å². The molecule has 0 saturated carbocycles. The fourth-order valence-electron chi connectivity index (χ4n) is 5.34. The van der Waals surface area contributed by atoms with Gasteiger partial charge < -0.3 is 15.8 Å². The van der Waals surface area contributed by atoms with Gasteiger partial charge in [0.2, 0.25) is 5.91 Å². The molecule has 0 bridgehead atoms. The molecule has 0 rings (SSSR count). The number of nitrogens with two attached hydrogens (primary N) is 1. The molecule has 0 aromatic heterocycles. The van der Waals surface area contributed by atoms with Gasteiger partial charge in [0.05, 0.1) is 32.5 Å². The Hall–Kier alpha value is -3.40. The first-order valence-corrected chi connectivity index (χ1v) is 21.6. The third-order valence-corrected chi connectivity index (χ3v) is 9.71. The minimum Gasteiger partial charge on any atom is -0.379 e. The molecular weight excluding hydrogens is 695 g/mol. The van der Waals surface area contributed by atoms with E-state index in [0.717, 1.165) is 38.5 Å². The van der Waals surface area contributed by atoms with Gasteiger partial charge in [0.1, 0.15) is 0 Å². The molecule has 54 heavy (non-hydrogen) atoms. The zero-order chi connectivity index (χ0) is 39.6. The van der Waals surface area contributed by atoms with E-state index in [-0.39, 0.29) is 38.9 Å². The van der Waals surface area contributed by atoms with Gasteiger partial charge in [-0.05, 0) is 84.4 Å². The molecule has 0 fully saturated rings. The lowest BCUT2D eigenvalue weighted by atomic mass is 9.94. The average molecular weight is 763 g/mol. The minimum absolute atomic E-state index is 0.000547. The van der Waals surface area contributed by atoms with Crippen LogP contribution >= 0.6 is 7.82 Å². The number of carbonyl (C=O) groups is 1. The lowest BCUT2D eigenvalue weighted by Crippen LogP contribution is -2.41. The van der Waals surface area contributed by atoms with Crippen LogP contribution in [0.4, 0.5) is 0 Å². The van der Waals surface area contributed by atoms with Crippen LogP contribution in [0.5, 0.6) is 0 Å². The van der Waals surface area contributed by atoms with Gasteiger partial charge in [0.25, 0.3) is 0 Å². The van der Waals surface area contributed by atoms with Crippen LogP contribution in [-0.2, 0) is 27.7 Å². The fourth-order valence-corrected chi connectivity index (χ4v) is 6.54. The molecule has 3 atom stereocenters. The number of hydrogen-bond donors (Lipinski definition) is 2. The summed E-state index contributed by atoms with van der Waals surface area (Å²) in [6.45, 7) is 8.72. The van der Waals surface area contributed by atoms with Gasteiger partial charge in [-0.25, -0.2) is 4.57 Å². The van der Waals surface area contributed by atoms with E-state index in [4.69, 9.17) is 30.5 Å². The SMILES string of the molecule is C#CC#CC#CC#CC#CC#CC[C@@H](CCCCCCC)CCOC[C@H](COP(=O)(OCC=C)OCCN)NC(=O)CCCCCCCCCCCCC. The first-order chi connectivity index (χ1) is 26.4. The van der Waals surface area contributed by atoms with E-state index in [1.54, 1.807) is 0 Å². The molecule has 0 radical (unpaired) electrons. The first kappa shape index (κ1) is 50.6. The third-order valence-electron chi connectivity index (χ3n) is 8.28. The highest BCUT2D eigenvalue weighted by Crippen LogP contribution is 2.49. The summed E-state index contributed by atoms with van der Waals surface area (Å²) in [6.07, 6.45) is 28.7. The first-order valence-electron chi connectivity index (χ1n) is 20.1. The maximum Gasteiger partial charge on any atom is 0.475 e. The standard InChI is InChI=1S/C45H67N2O6P/c1-5-9-12-15-17-19-21-23-25-28-31-34-43(33-30-27-14-11-7-3)36-39-50-41-44(42-53-54(49,51-38-8-4)52-40-37-46)47-45(48)35-32-29-26-24-22-20-18-16-13-10-6-2/h1,8,43-44H,4,6-7,10-11,13-14,16,18,20,22,24,26-27,29-30,32-42,46H2,2-3H3,(H,47,48)/t43-,44-,54?/m1/s1. The molecule has 0 heterocycles. The number of terminal acetylenes is 1. The summed E-state index contributed by atoms with van der Waals surface area (Å²) in [4.78, 5) is 13.0. The predicted molar refractivity (Wildman–Crippen MR) is 222 cm³/mol. The summed E-state index contributed by atoms with van der Waals surface area (Å²) in [6, 6.07) is -0.551. The van der Waals surface area contributed by atoms with Crippen LogP contribution < -0.4 is 11.1 Å². The van der Waals surface area contributed by atoms with Crippen molar-refractivity contribution in [3.63, 3.8) is 0 Å². The number of carbonyl (C=O) groups excluding carboxylic acids is 1. The quantitative estimate of drug-likeness (QED) is 0.0292. The van der Waals surface area contributed by atoms with Crippen LogP contribution in [0.1, 0.15) is 142 Å². The number of rotatable bonds is 34. The van der Waals surface area contributed by atoms with Gasteiger partial charge in [0, 0.05) is 26.0 Å². The van der Waals surface area contributed by atoms with Crippen LogP contribution in [0.2, 0.25) is 0 Å². The van der Waals surface area contributed by atoms with Crippen LogP contribution in [0.15, 0.2) is 12.7 Å². The second kappa shape index (κ2) is 39.3. The summed E-state index contributed by atoms with van der Waals surface area (Å²) in [5.74, 6) is 29.1. The van der Waals surface area contributed by atoms with Crippen LogP contribution in [-0.4, -0.2) is 51.5 Å². The maximum atomic E-state index is 13.2. The van der Waals surface area contributed by atoms with Gasteiger partial charge in [-0.2, -0.15) is 0 Å². The Bertz CT molecular complexity index is 1400. The molecule has 0 aliphatic carbocycles. The normalized spacial score (nSPS) is 12.2. The Labute approximate surface area is 329 Å². The van der Waals surface area contributed by atoms with Crippen LogP contribution in [0.25, 0.3) is 0 Å². The van der Waals surface area contributed by atoms with Crippen molar-refractivity contribution in [2.24, 2.45) is 11.7 Å². The third kappa shape index (κ3) is 34.4. The van der Waals surface area contributed by atoms with Gasteiger partial charge in [-0.3, -0.25) is 18.4 Å². The number of amides is 1. The van der Waals surface area contributed by atoms with E-state index in [2.05, 4.69) is 90.9 Å². The number of hydrogen-bond acceptors (Lipinski definition) is 7. The van der Waals surface area contributed by atoms with Gasteiger partial charge in [0.15, 0.2) is 0 Å². The zero-order valence-electron chi connectivity index (χ0n) is 33.4. The molecule has 0 aromatic carbocycles. The highest BCUT2D eigenvalue weighted by atomic mass is 31.2. The van der Waals surface area contributed by atoms with Gasteiger partial charge >= 0.3 is 7.82 Å². The monoisotopic (exact) mass is 762 g/mol. The number of phosphoric acid groups is 1. The lowest BCUT2D eigenvalue weighted by Gasteiger charge is -2.23. The van der Waals surface area contributed by atoms with Crippen molar-refractivity contribution in [1.29, 1.82) is 0 Å². The van der Waals surface area contributed by atoms with Crippen molar-refractivity contribution >= 4 is 13.7 Å². The molecule has 0 spiro atoms. The van der Waals surface area contributed by atoms with E-state index in [1.807, 2.05) is 0 Å². The van der Waals surface area contributed by atoms with E-state index in [1.165, 1.54) is 83.1 Å². The molecule has 3 N–H and O–H groups in total. The molecule has 0 aromatic rings. The Morgan fingerprint density at radius 2 is 1.28 bits per heavy atom. The van der Waals surface area contributed by atoms with Crippen molar-refractivity contribution in [1.82, 2.24) is 5.32 Å². The number of ether oxygens (including phenoxy) is 1. The molecule has 9 heteroatoms.